The molecule has 2 aromatic rings. The zero-order chi connectivity index (χ0) is 11.3. The fourth-order valence-electron chi connectivity index (χ4n) is 2.15. The highest BCUT2D eigenvalue weighted by Gasteiger charge is 2.29. The second-order valence-corrected chi connectivity index (χ2v) is 4.69. The van der Waals surface area contributed by atoms with Gasteiger partial charge in [0.05, 0.1) is 5.39 Å². The van der Waals surface area contributed by atoms with E-state index in [4.69, 9.17) is 4.42 Å². The smallest absolute Gasteiger partial charge is 0.195 e. The van der Waals surface area contributed by atoms with Crippen molar-refractivity contribution in [3.05, 3.63) is 45.3 Å². The molecule has 1 aromatic carbocycles. The first-order valence-corrected chi connectivity index (χ1v) is 5.71. The zero-order valence-corrected chi connectivity index (χ0v) is 9.54. The summed E-state index contributed by atoms with van der Waals surface area (Å²) in [5.74, 6) is 1.39. The van der Waals surface area contributed by atoms with Crippen LogP contribution in [-0.2, 0) is 0 Å². The van der Waals surface area contributed by atoms with Crippen molar-refractivity contribution < 1.29 is 4.42 Å². The molecule has 1 aliphatic carbocycles. The van der Waals surface area contributed by atoms with E-state index in [1.54, 1.807) is 0 Å². The summed E-state index contributed by atoms with van der Waals surface area (Å²) in [6.07, 6.45) is 2.31. The first-order chi connectivity index (χ1) is 7.66. The third-order valence-corrected chi connectivity index (χ3v) is 3.26. The van der Waals surface area contributed by atoms with Gasteiger partial charge in [0.25, 0.3) is 0 Å². The molecule has 3 rings (SSSR count). The summed E-state index contributed by atoms with van der Waals surface area (Å²) >= 11 is 0. The predicted molar refractivity (Wildman–Crippen MR) is 63.9 cm³/mol. The molecule has 1 aliphatic rings. The van der Waals surface area contributed by atoms with E-state index in [9.17, 15) is 4.79 Å². The van der Waals surface area contributed by atoms with Crippen molar-refractivity contribution in [1.29, 1.82) is 0 Å². The van der Waals surface area contributed by atoms with Crippen LogP contribution >= 0.6 is 0 Å². The van der Waals surface area contributed by atoms with Crippen LogP contribution in [0.4, 0.5) is 0 Å². The van der Waals surface area contributed by atoms with Crippen LogP contribution < -0.4 is 5.43 Å². The molecule has 0 radical (unpaired) electrons. The van der Waals surface area contributed by atoms with Crippen molar-refractivity contribution in [1.82, 2.24) is 0 Å². The summed E-state index contributed by atoms with van der Waals surface area (Å²) < 4.78 is 5.85. The molecule has 0 bridgehead atoms. The third kappa shape index (κ3) is 1.37. The molecule has 1 aromatic heterocycles. The van der Waals surface area contributed by atoms with E-state index in [0.29, 0.717) is 11.3 Å². The molecule has 1 fully saturated rings. The van der Waals surface area contributed by atoms with Crippen molar-refractivity contribution in [2.24, 2.45) is 0 Å². The van der Waals surface area contributed by atoms with Crippen molar-refractivity contribution in [3.63, 3.8) is 0 Å². The summed E-state index contributed by atoms with van der Waals surface area (Å²) in [4.78, 5) is 12.2. The Labute approximate surface area is 93.9 Å². The average molecular weight is 214 g/mol. The first kappa shape index (κ1) is 9.64. The minimum absolute atomic E-state index is 0.131. The van der Waals surface area contributed by atoms with Gasteiger partial charge in [-0.15, -0.1) is 0 Å². The fourth-order valence-corrected chi connectivity index (χ4v) is 2.15. The zero-order valence-electron chi connectivity index (χ0n) is 9.54. The van der Waals surface area contributed by atoms with Crippen LogP contribution in [0, 0.1) is 13.8 Å². The van der Waals surface area contributed by atoms with Gasteiger partial charge in [0.1, 0.15) is 11.3 Å². The van der Waals surface area contributed by atoms with Crippen LogP contribution in [0.5, 0.6) is 0 Å². The average Bonchev–Trinajstić information content (AvgIpc) is 3.08. The lowest BCUT2D eigenvalue weighted by Gasteiger charge is -2.05. The minimum Gasteiger partial charge on any atom is -0.460 e. The quantitative estimate of drug-likeness (QED) is 0.729. The number of fused-ring (bicyclic) bond motifs is 1. The standard InChI is InChI=1S/C14H14O2/c1-8-3-6-12-11(7-8)13(15)9(2)14(16-12)10-4-5-10/h3,6-7,10H,4-5H2,1-2H3. The Morgan fingerprint density at radius 1 is 1.25 bits per heavy atom. The molecule has 0 aliphatic heterocycles. The largest absolute Gasteiger partial charge is 0.460 e. The molecule has 0 spiro atoms. The van der Waals surface area contributed by atoms with Crippen molar-refractivity contribution >= 4 is 11.0 Å². The molecule has 82 valence electrons. The SMILES string of the molecule is Cc1ccc2oc(C3CC3)c(C)c(=O)c2c1. The van der Waals surface area contributed by atoms with E-state index in [1.807, 2.05) is 32.0 Å². The van der Waals surface area contributed by atoms with Crippen molar-refractivity contribution in [2.75, 3.05) is 0 Å². The third-order valence-electron chi connectivity index (χ3n) is 3.26. The summed E-state index contributed by atoms with van der Waals surface area (Å²) in [5.41, 5.74) is 2.74. The molecule has 0 amide bonds. The Kier molecular flexibility index (Phi) is 1.93. The van der Waals surface area contributed by atoms with Gasteiger partial charge in [-0.2, -0.15) is 0 Å². The molecule has 1 saturated carbocycles. The molecule has 0 N–H and O–H groups in total. The van der Waals surface area contributed by atoms with Gasteiger partial charge in [0.2, 0.25) is 0 Å². The first-order valence-electron chi connectivity index (χ1n) is 5.71. The number of hydrogen-bond donors (Lipinski definition) is 0. The van der Waals surface area contributed by atoms with Gasteiger partial charge in [-0.05, 0) is 38.8 Å². The molecular weight excluding hydrogens is 200 g/mol. The molecule has 1 heterocycles. The normalized spacial score (nSPS) is 15.6. The van der Waals surface area contributed by atoms with E-state index in [-0.39, 0.29) is 5.43 Å². The van der Waals surface area contributed by atoms with Gasteiger partial charge in [-0.3, -0.25) is 4.79 Å². The topological polar surface area (TPSA) is 30.2 Å². The maximum absolute atomic E-state index is 12.2. The lowest BCUT2D eigenvalue weighted by molar-refractivity contribution is 0.532. The summed E-state index contributed by atoms with van der Waals surface area (Å²) in [5, 5.41) is 0.710. The van der Waals surface area contributed by atoms with E-state index in [0.717, 1.165) is 35.3 Å². The van der Waals surface area contributed by atoms with Gasteiger partial charge >= 0.3 is 0 Å². The van der Waals surface area contributed by atoms with Crippen molar-refractivity contribution in [3.8, 4) is 0 Å². The predicted octanol–water partition coefficient (Wildman–Crippen LogP) is 3.29. The number of hydrogen-bond acceptors (Lipinski definition) is 2. The van der Waals surface area contributed by atoms with Gasteiger partial charge in [-0.1, -0.05) is 11.6 Å². The molecule has 16 heavy (non-hydrogen) atoms. The second kappa shape index (κ2) is 3.21. The van der Waals surface area contributed by atoms with Gasteiger partial charge in [0.15, 0.2) is 5.43 Å². The molecule has 2 heteroatoms. The van der Waals surface area contributed by atoms with Crippen molar-refractivity contribution in [2.45, 2.75) is 32.6 Å². The Hall–Kier alpha value is -1.57. The lowest BCUT2D eigenvalue weighted by Crippen LogP contribution is -2.08. The number of benzene rings is 1. The van der Waals surface area contributed by atoms with Gasteiger partial charge in [0, 0.05) is 11.5 Å². The van der Waals surface area contributed by atoms with Crippen LogP contribution in [0.3, 0.4) is 0 Å². The maximum atomic E-state index is 12.2. The highest BCUT2D eigenvalue weighted by atomic mass is 16.3. The Morgan fingerprint density at radius 2 is 2.00 bits per heavy atom. The molecule has 0 saturated heterocycles. The Morgan fingerprint density at radius 3 is 2.69 bits per heavy atom. The molecular formula is C14H14O2. The van der Waals surface area contributed by atoms with Crippen LogP contribution in [0.15, 0.2) is 27.4 Å². The highest BCUT2D eigenvalue weighted by Crippen LogP contribution is 2.41. The van der Waals surface area contributed by atoms with E-state index >= 15 is 0 Å². The lowest BCUT2D eigenvalue weighted by atomic mass is 10.1. The fraction of sp³-hybridized carbons (Fsp3) is 0.357. The second-order valence-electron chi connectivity index (χ2n) is 4.69. The van der Waals surface area contributed by atoms with Crippen LogP contribution in [0.2, 0.25) is 0 Å². The van der Waals surface area contributed by atoms with Crippen LogP contribution in [-0.4, -0.2) is 0 Å². The van der Waals surface area contributed by atoms with Crippen LogP contribution in [0.1, 0.15) is 35.6 Å². The Bertz CT molecular complexity index is 618. The number of rotatable bonds is 1. The highest BCUT2D eigenvalue weighted by molar-refractivity contribution is 5.78. The summed E-state index contributed by atoms with van der Waals surface area (Å²) in [7, 11) is 0. The summed E-state index contributed by atoms with van der Waals surface area (Å²) in [6, 6.07) is 5.79. The minimum atomic E-state index is 0.131. The monoisotopic (exact) mass is 214 g/mol. The van der Waals surface area contributed by atoms with E-state index < -0.39 is 0 Å². The summed E-state index contributed by atoms with van der Waals surface area (Å²) in [6.45, 7) is 3.87. The molecule has 2 nitrogen and oxygen atoms in total. The van der Waals surface area contributed by atoms with Crippen LogP contribution in [0.25, 0.3) is 11.0 Å². The van der Waals surface area contributed by atoms with E-state index in [1.165, 1.54) is 0 Å². The van der Waals surface area contributed by atoms with Gasteiger partial charge in [-0.25, -0.2) is 0 Å². The molecule has 0 atom stereocenters. The number of aryl methyl sites for hydroxylation is 1. The maximum Gasteiger partial charge on any atom is 0.195 e. The van der Waals surface area contributed by atoms with Gasteiger partial charge < -0.3 is 4.42 Å². The Balaban J connectivity index is 2.38. The molecule has 0 unspecified atom stereocenters. The van der Waals surface area contributed by atoms with E-state index in [2.05, 4.69) is 0 Å².